The Hall–Kier alpha value is -3.68. The van der Waals surface area contributed by atoms with Crippen LogP contribution in [0.25, 0.3) is 5.57 Å². The highest BCUT2D eigenvalue weighted by atomic mass is 16.6. The number of pyridine rings is 1. The molecule has 0 bridgehead atoms. The third-order valence-corrected chi connectivity index (χ3v) is 4.79. The molecule has 1 aliphatic rings. The highest BCUT2D eigenvalue weighted by Gasteiger charge is 2.35. The summed E-state index contributed by atoms with van der Waals surface area (Å²) in [4.78, 5) is 28.0. The minimum atomic E-state index is -0.594. The van der Waals surface area contributed by atoms with Gasteiger partial charge in [-0.2, -0.15) is 0 Å². The summed E-state index contributed by atoms with van der Waals surface area (Å²) in [5.41, 5.74) is 3.64. The van der Waals surface area contributed by atoms with Gasteiger partial charge in [0.1, 0.15) is 0 Å². The van der Waals surface area contributed by atoms with Crippen molar-refractivity contribution in [2.24, 2.45) is 0 Å². The second-order valence-corrected chi connectivity index (χ2v) is 6.54. The van der Waals surface area contributed by atoms with Gasteiger partial charge in [-0.05, 0) is 25.5 Å². The predicted octanol–water partition coefficient (Wildman–Crippen LogP) is 3.56. The van der Waals surface area contributed by atoms with Gasteiger partial charge in [-0.3, -0.25) is 10.1 Å². The molecule has 2 heterocycles. The zero-order valence-electron chi connectivity index (χ0n) is 16.6. The number of hydrogen-bond donors (Lipinski definition) is 1. The van der Waals surface area contributed by atoms with Crippen molar-refractivity contribution < 1.29 is 19.2 Å². The van der Waals surface area contributed by atoms with Crippen molar-refractivity contribution in [2.45, 2.75) is 19.8 Å². The number of benzene rings is 1. The lowest BCUT2D eigenvalue weighted by molar-refractivity contribution is -0.384. The van der Waals surface area contributed by atoms with Gasteiger partial charge in [0.05, 0.1) is 30.4 Å². The van der Waals surface area contributed by atoms with Gasteiger partial charge in [0.25, 0.3) is 5.69 Å². The minimum Gasteiger partial charge on any atom is -0.481 e. The van der Waals surface area contributed by atoms with Crippen LogP contribution in [0.3, 0.4) is 0 Å². The Morgan fingerprint density at radius 3 is 2.52 bits per heavy atom. The summed E-state index contributed by atoms with van der Waals surface area (Å²) in [7, 11) is 2.83. The number of dihydropyridines is 1. The van der Waals surface area contributed by atoms with Crippen LogP contribution in [0.5, 0.6) is 5.88 Å². The maximum Gasteiger partial charge on any atom is 0.336 e. The third kappa shape index (κ3) is 3.82. The van der Waals surface area contributed by atoms with Crippen LogP contribution in [0.15, 0.2) is 59.4 Å². The van der Waals surface area contributed by atoms with Crippen LogP contribution >= 0.6 is 0 Å². The Balaban J connectivity index is 2.27. The van der Waals surface area contributed by atoms with Gasteiger partial charge in [-0.1, -0.05) is 18.2 Å². The molecule has 1 aromatic heterocycles. The summed E-state index contributed by atoms with van der Waals surface area (Å²) in [6.45, 7) is 3.65. The fourth-order valence-electron chi connectivity index (χ4n) is 3.54. The van der Waals surface area contributed by atoms with Crippen molar-refractivity contribution in [3.8, 4) is 5.88 Å². The van der Waals surface area contributed by atoms with E-state index >= 15 is 0 Å². The van der Waals surface area contributed by atoms with E-state index in [1.807, 2.05) is 13.0 Å². The minimum absolute atomic E-state index is 0.0569. The standard InChI is InChI=1S/C21H21N3O5/c1-12-18(16-9-6-10-17(23-16)28-3)20(19(13(2)22-12)21(25)29-4)14-7-5-8-15(11-14)24(26)27/h5-11,20,22H,1-4H3. The molecule has 150 valence electrons. The zero-order chi connectivity index (χ0) is 21.1. The zero-order valence-corrected chi connectivity index (χ0v) is 16.6. The van der Waals surface area contributed by atoms with Crippen molar-refractivity contribution in [3.63, 3.8) is 0 Å². The summed E-state index contributed by atoms with van der Waals surface area (Å²) >= 11 is 0. The number of esters is 1. The van der Waals surface area contributed by atoms with E-state index in [2.05, 4.69) is 10.3 Å². The fourth-order valence-corrected chi connectivity index (χ4v) is 3.54. The first kappa shape index (κ1) is 20.1. The van der Waals surface area contributed by atoms with E-state index in [1.54, 1.807) is 31.2 Å². The number of carbonyl (C=O) groups excluding carboxylic acids is 1. The van der Waals surface area contributed by atoms with Gasteiger partial charge in [-0.15, -0.1) is 0 Å². The number of nitrogens with zero attached hydrogens (tertiary/aromatic N) is 2. The number of carbonyl (C=O) groups is 1. The van der Waals surface area contributed by atoms with Gasteiger partial charge in [0.15, 0.2) is 0 Å². The number of aromatic nitrogens is 1. The number of rotatable bonds is 5. The Morgan fingerprint density at radius 1 is 1.14 bits per heavy atom. The average Bonchev–Trinajstić information content (AvgIpc) is 2.72. The van der Waals surface area contributed by atoms with Gasteiger partial charge < -0.3 is 14.8 Å². The van der Waals surface area contributed by atoms with Crippen LogP contribution < -0.4 is 10.1 Å². The van der Waals surface area contributed by atoms with Gasteiger partial charge in [-0.25, -0.2) is 9.78 Å². The van der Waals surface area contributed by atoms with Crippen molar-refractivity contribution in [3.05, 3.63) is 80.8 Å². The van der Waals surface area contributed by atoms with E-state index in [0.717, 1.165) is 11.3 Å². The van der Waals surface area contributed by atoms with E-state index in [0.29, 0.717) is 28.4 Å². The lowest BCUT2D eigenvalue weighted by Gasteiger charge is -2.31. The first-order valence-electron chi connectivity index (χ1n) is 8.90. The Morgan fingerprint density at radius 2 is 1.86 bits per heavy atom. The molecule has 0 spiro atoms. The number of hydrogen-bond acceptors (Lipinski definition) is 7. The molecule has 0 aliphatic carbocycles. The van der Waals surface area contributed by atoms with Crippen LogP contribution in [0, 0.1) is 10.1 Å². The van der Waals surface area contributed by atoms with Crippen LogP contribution in [-0.4, -0.2) is 30.1 Å². The van der Waals surface area contributed by atoms with Crippen LogP contribution in [-0.2, 0) is 9.53 Å². The van der Waals surface area contributed by atoms with Gasteiger partial charge >= 0.3 is 5.97 Å². The maximum atomic E-state index is 12.7. The summed E-state index contributed by atoms with van der Waals surface area (Å²) in [5.74, 6) is -0.686. The molecule has 1 unspecified atom stereocenters. The molecule has 0 saturated heterocycles. The molecule has 1 atom stereocenters. The first-order valence-corrected chi connectivity index (χ1v) is 8.90. The summed E-state index contributed by atoms with van der Waals surface area (Å²) in [6.07, 6.45) is 0. The lowest BCUT2D eigenvalue weighted by Crippen LogP contribution is -2.28. The van der Waals surface area contributed by atoms with Crippen molar-refractivity contribution in [1.82, 2.24) is 10.3 Å². The van der Waals surface area contributed by atoms with Gasteiger partial charge in [0, 0.05) is 41.1 Å². The summed E-state index contributed by atoms with van der Waals surface area (Å²) < 4.78 is 10.3. The quantitative estimate of drug-likeness (QED) is 0.469. The second kappa shape index (κ2) is 8.14. The number of nitrogens with one attached hydrogen (secondary N) is 1. The number of non-ortho nitro benzene ring substituents is 1. The number of nitro groups is 1. The second-order valence-electron chi connectivity index (χ2n) is 6.54. The van der Waals surface area contributed by atoms with Crippen LogP contribution in [0.4, 0.5) is 5.69 Å². The number of nitro benzene ring substituents is 1. The molecule has 1 N–H and O–H groups in total. The van der Waals surface area contributed by atoms with E-state index < -0.39 is 16.8 Å². The molecular weight excluding hydrogens is 374 g/mol. The molecule has 29 heavy (non-hydrogen) atoms. The van der Waals surface area contributed by atoms with Crippen LogP contribution in [0.2, 0.25) is 0 Å². The monoisotopic (exact) mass is 395 g/mol. The topological polar surface area (TPSA) is 104 Å². The smallest absolute Gasteiger partial charge is 0.336 e. The molecule has 0 radical (unpaired) electrons. The van der Waals surface area contributed by atoms with E-state index in [4.69, 9.17) is 9.47 Å². The lowest BCUT2D eigenvalue weighted by atomic mass is 9.79. The van der Waals surface area contributed by atoms with Crippen molar-refractivity contribution >= 4 is 17.2 Å². The molecule has 0 fully saturated rings. The fraction of sp³-hybridized carbons (Fsp3) is 0.238. The van der Waals surface area contributed by atoms with E-state index in [-0.39, 0.29) is 5.69 Å². The Labute approximate surface area is 168 Å². The Kier molecular flexibility index (Phi) is 5.63. The van der Waals surface area contributed by atoms with Crippen molar-refractivity contribution in [1.29, 1.82) is 0 Å². The van der Waals surface area contributed by atoms with Gasteiger partial charge in [0.2, 0.25) is 5.88 Å². The SMILES string of the molecule is COC(=O)C1=C(C)NC(C)=C(c2cccc(OC)n2)C1c1cccc([N+](=O)[O-])c1. The van der Waals surface area contributed by atoms with Crippen molar-refractivity contribution in [2.75, 3.05) is 14.2 Å². The summed E-state index contributed by atoms with van der Waals surface area (Å²) in [6, 6.07) is 11.6. The molecule has 0 amide bonds. The molecule has 1 aliphatic heterocycles. The number of methoxy groups -OCH3 is 2. The third-order valence-electron chi connectivity index (χ3n) is 4.79. The Bertz CT molecular complexity index is 1040. The van der Waals surface area contributed by atoms with E-state index in [9.17, 15) is 14.9 Å². The number of allylic oxidation sites excluding steroid dienone is 3. The first-order chi connectivity index (χ1) is 13.9. The molecule has 3 rings (SSSR count). The summed E-state index contributed by atoms with van der Waals surface area (Å²) in [5, 5.41) is 14.5. The predicted molar refractivity (Wildman–Crippen MR) is 107 cm³/mol. The molecule has 0 saturated carbocycles. The molecule has 8 heteroatoms. The van der Waals surface area contributed by atoms with E-state index in [1.165, 1.54) is 26.4 Å². The number of ether oxygens (including phenoxy) is 2. The average molecular weight is 395 g/mol. The normalized spacial score (nSPS) is 16.3. The van der Waals surface area contributed by atoms with Crippen LogP contribution in [0.1, 0.15) is 31.0 Å². The molecule has 2 aromatic rings. The maximum absolute atomic E-state index is 12.7. The highest BCUT2D eigenvalue weighted by molar-refractivity contribution is 5.97. The molecule has 8 nitrogen and oxygen atoms in total. The molecular formula is C21H21N3O5. The molecule has 1 aromatic carbocycles. The largest absolute Gasteiger partial charge is 0.481 e. The highest BCUT2D eigenvalue weighted by Crippen LogP contribution is 2.44.